The summed E-state index contributed by atoms with van der Waals surface area (Å²) in [7, 11) is 0. The third-order valence-corrected chi connectivity index (χ3v) is 3.22. The lowest BCUT2D eigenvalue weighted by molar-refractivity contribution is 0.281. The van der Waals surface area contributed by atoms with Crippen molar-refractivity contribution in [3.63, 3.8) is 0 Å². The highest BCUT2D eigenvalue weighted by Gasteiger charge is 2.16. The van der Waals surface area contributed by atoms with Gasteiger partial charge in [-0.1, -0.05) is 0 Å². The Balaban J connectivity index is 2.07. The first-order valence-corrected chi connectivity index (χ1v) is 6.88. The van der Waals surface area contributed by atoms with Crippen LogP contribution in [-0.2, 0) is 0 Å². The number of aliphatic hydroxyl groups excluding tert-OH is 1. The monoisotopic (exact) mass is 299 g/mol. The maximum Gasteiger partial charge on any atom is 0.166 e. The highest BCUT2D eigenvalue weighted by molar-refractivity contribution is 5.84. The highest BCUT2D eigenvalue weighted by atomic mass is 16.3. The lowest BCUT2D eigenvalue weighted by Crippen LogP contribution is -2.20. The standard InChI is InChI=1S/C14H17N7O/c1-8-4-16-14-12(13(15)20-21(14)5-8)10-3-11(18-7-17-10)19-9(2)6-22/h3-5,7,9,22H,6H2,1-2H3,(H2,15,20)(H,17,18,19)/t9-/m1/s1. The van der Waals surface area contributed by atoms with Gasteiger partial charge < -0.3 is 16.2 Å². The molecular weight excluding hydrogens is 282 g/mol. The fourth-order valence-electron chi connectivity index (χ4n) is 2.16. The predicted octanol–water partition coefficient (Wildman–Crippen LogP) is 0.870. The normalized spacial score (nSPS) is 12.5. The van der Waals surface area contributed by atoms with Crippen molar-refractivity contribution in [2.24, 2.45) is 0 Å². The van der Waals surface area contributed by atoms with E-state index in [0.29, 0.717) is 28.5 Å². The summed E-state index contributed by atoms with van der Waals surface area (Å²) in [6.45, 7) is 3.81. The van der Waals surface area contributed by atoms with Gasteiger partial charge in [0.15, 0.2) is 11.5 Å². The zero-order chi connectivity index (χ0) is 15.7. The number of nitrogens with two attached hydrogens (primary N) is 1. The van der Waals surface area contributed by atoms with Crippen LogP contribution in [0, 0.1) is 6.92 Å². The van der Waals surface area contributed by atoms with E-state index in [2.05, 4.69) is 25.4 Å². The van der Waals surface area contributed by atoms with Crippen molar-refractivity contribution < 1.29 is 5.11 Å². The Bertz CT molecular complexity index is 814. The molecule has 8 nitrogen and oxygen atoms in total. The minimum Gasteiger partial charge on any atom is -0.394 e. The van der Waals surface area contributed by atoms with E-state index >= 15 is 0 Å². The number of nitrogens with zero attached hydrogens (tertiary/aromatic N) is 5. The van der Waals surface area contributed by atoms with Gasteiger partial charge in [-0.05, 0) is 19.4 Å². The minimum atomic E-state index is -0.107. The first-order valence-electron chi connectivity index (χ1n) is 6.88. The van der Waals surface area contributed by atoms with Gasteiger partial charge in [-0.2, -0.15) is 0 Å². The van der Waals surface area contributed by atoms with Crippen molar-refractivity contribution in [1.82, 2.24) is 24.6 Å². The Morgan fingerprint density at radius 1 is 1.36 bits per heavy atom. The molecule has 0 aliphatic carbocycles. The number of aromatic nitrogens is 5. The Morgan fingerprint density at radius 2 is 2.18 bits per heavy atom. The van der Waals surface area contributed by atoms with Gasteiger partial charge in [-0.25, -0.2) is 19.5 Å². The summed E-state index contributed by atoms with van der Waals surface area (Å²) in [6.07, 6.45) is 5.06. The van der Waals surface area contributed by atoms with Crippen molar-refractivity contribution >= 4 is 17.3 Å². The molecule has 0 saturated heterocycles. The average Bonchev–Trinajstić information content (AvgIpc) is 2.82. The Kier molecular flexibility index (Phi) is 3.60. The number of rotatable bonds is 4. The fraction of sp³-hybridized carbons (Fsp3) is 0.286. The van der Waals surface area contributed by atoms with Gasteiger partial charge in [0.05, 0.1) is 17.9 Å². The maximum absolute atomic E-state index is 9.11. The molecule has 0 unspecified atom stereocenters. The Hall–Kier alpha value is -2.74. The van der Waals surface area contributed by atoms with E-state index in [4.69, 9.17) is 10.8 Å². The molecule has 4 N–H and O–H groups in total. The second kappa shape index (κ2) is 5.57. The van der Waals surface area contributed by atoms with Gasteiger partial charge in [-0.15, -0.1) is 5.10 Å². The number of aryl methyl sites for hydroxylation is 1. The smallest absolute Gasteiger partial charge is 0.166 e. The predicted molar refractivity (Wildman–Crippen MR) is 83.3 cm³/mol. The molecule has 3 aromatic heterocycles. The molecule has 0 spiro atoms. The molecule has 0 radical (unpaired) electrons. The van der Waals surface area contributed by atoms with Crippen molar-refractivity contribution in [3.8, 4) is 11.3 Å². The minimum absolute atomic E-state index is 0.0129. The summed E-state index contributed by atoms with van der Waals surface area (Å²) in [5.41, 5.74) is 8.95. The van der Waals surface area contributed by atoms with E-state index in [9.17, 15) is 0 Å². The number of aliphatic hydroxyl groups is 1. The molecule has 0 aromatic carbocycles. The van der Waals surface area contributed by atoms with Gasteiger partial charge in [-0.3, -0.25) is 0 Å². The molecule has 3 heterocycles. The average molecular weight is 299 g/mol. The summed E-state index contributed by atoms with van der Waals surface area (Å²) in [5, 5.41) is 16.5. The van der Waals surface area contributed by atoms with Gasteiger partial charge in [0, 0.05) is 24.5 Å². The third kappa shape index (κ3) is 2.56. The molecule has 0 fully saturated rings. The molecule has 3 aromatic rings. The van der Waals surface area contributed by atoms with E-state index in [-0.39, 0.29) is 12.6 Å². The fourth-order valence-corrected chi connectivity index (χ4v) is 2.16. The molecule has 0 aliphatic heterocycles. The molecule has 0 aliphatic rings. The zero-order valence-electron chi connectivity index (χ0n) is 12.4. The lowest BCUT2D eigenvalue weighted by atomic mass is 10.2. The van der Waals surface area contributed by atoms with Gasteiger partial charge in [0.2, 0.25) is 0 Å². The molecule has 8 heteroatoms. The molecule has 0 saturated carbocycles. The largest absolute Gasteiger partial charge is 0.394 e. The molecule has 1 atom stereocenters. The van der Waals surface area contributed by atoms with E-state index in [1.54, 1.807) is 16.8 Å². The molecule has 0 amide bonds. The van der Waals surface area contributed by atoms with Crippen LogP contribution in [0.5, 0.6) is 0 Å². The van der Waals surface area contributed by atoms with Crippen molar-refractivity contribution in [2.75, 3.05) is 17.7 Å². The van der Waals surface area contributed by atoms with Gasteiger partial charge >= 0.3 is 0 Å². The molecule has 114 valence electrons. The number of fused-ring (bicyclic) bond motifs is 1. The molecule has 0 bridgehead atoms. The summed E-state index contributed by atoms with van der Waals surface area (Å²) >= 11 is 0. The lowest BCUT2D eigenvalue weighted by Gasteiger charge is -2.11. The number of anilines is 2. The Labute approximate surface area is 127 Å². The van der Waals surface area contributed by atoms with Crippen LogP contribution in [0.1, 0.15) is 12.5 Å². The van der Waals surface area contributed by atoms with Crippen LogP contribution in [0.3, 0.4) is 0 Å². The number of hydrogen-bond acceptors (Lipinski definition) is 7. The summed E-state index contributed by atoms with van der Waals surface area (Å²) in [6, 6.07) is 1.66. The summed E-state index contributed by atoms with van der Waals surface area (Å²) < 4.78 is 1.64. The van der Waals surface area contributed by atoms with Crippen molar-refractivity contribution in [3.05, 3.63) is 30.4 Å². The van der Waals surface area contributed by atoms with E-state index in [0.717, 1.165) is 5.56 Å². The second-order valence-electron chi connectivity index (χ2n) is 5.18. The highest BCUT2D eigenvalue weighted by Crippen LogP contribution is 2.28. The van der Waals surface area contributed by atoms with Crippen LogP contribution in [0.4, 0.5) is 11.6 Å². The van der Waals surface area contributed by atoms with Crippen LogP contribution >= 0.6 is 0 Å². The van der Waals surface area contributed by atoms with Crippen LogP contribution in [0.2, 0.25) is 0 Å². The third-order valence-electron chi connectivity index (χ3n) is 3.22. The summed E-state index contributed by atoms with van der Waals surface area (Å²) in [4.78, 5) is 12.8. The maximum atomic E-state index is 9.11. The Morgan fingerprint density at radius 3 is 2.95 bits per heavy atom. The summed E-state index contributed by atoms with van der Waals surface area (Å²) in [5.74, 6) is 0.968. The first-order chi connectivity index (χ1) is 10.6. The first kappa shape index (κ1) is 14.2. The molecule has 3 rings (SSSR count). The SMILES string of the molecule is Cc1cnc2c(-c3cc(N[C@H](C)CO)ncn3)c(N)nn2c1. The van der Waals surface area contributed by atoms with Crippen molar-refractivity contribution in [2.45, 2.75) is 19.9 Å². The molecule has 22 heavy (non-hydrogen) atoms. The van der Waals surface area contributed by atoms with Gasteiger partial charge in [0.1, 0.15) is 12.1 Å². The van der Waals surface area contributed by atoms with E-state index in [1.807, 2.05) is 20.0 Å². The quantitative estimate of drug-likeness (QED) is 0.654. The second-order valence-corrected chi connectivity index (χ2v) is 5.18. The van der Waals surface area contributed by atoms with Crippen LogP contribution in [-0.4, -0.2) is 42.3 Å². The van der Waals surface area contributed by atoms with E-state index in [1.165, 1.54) is 6.33 Å². The number of hydrogen-bond donors (Lipinski definition) is 3. The number of nitrogens with one attached hydrogen (secondary N) is 1. The van der Waals surface area contributed by atoms with Crippen LogP contribution in [0.15, 0.2) is 24.8 Å². The van der Waals surface area contributed by atoms with Crippen molar-refractivity contribution in [1.29, 1.82) is 0 Å². The zero-order valence-corrected chi connectivity index (χ0v) is 12.4. The number of nitrogen functional groups attached to an aromatic ring is 1. The molecular formula is C14H17N7O. The van der Waals surface area contributed by atoms with E-state index < -0.39 is 0 Å². The van der Waals surface area contributed by atoms with Crippen LogP contribution < -0.4 is 11.1 Å². The van der Waals surface area contributed by atoms with Gasteiger partial charge in [0.25, 0.3) is 0 Å². The van der Waals surface area contributed by atoms with Crippen LogP contribution in [0.25, 0.3) is 16.9 Å². The topological polar surface area (TPSA) is 114 Å².